The lowest BCUT2D eigenvalue weighted by Gasteiger charge is -2.15. The first-order valence-electron chi connectivity index (χ1n) is 9.88. The van der Waals surface area contributed by atoms with Gasteiger partial charge in [0.05, 0.1) is 17.4 Å². The van der Waals surface area contributed by atoms with Gasteiger partial charge in [-0.1, -0.05) is 24.2 Å². The van der Waals surface area contributed by atoms with E-state index in [0.717, 1.165) is 45.8 Å². The summed E-state index contributed by atoms with van der Waals surface area (Å²) in [4.78, 5) is 14.4. The van der Waals surface area contributed by atoms with Crippen molar-refractivity contribution < 1.29 is 18.8 Å². The number of nitrogens with zero attached hydrogens (tertiary/aromatic N) is 4. The molecule has 5 rings (SSSR count). The fourth-order valence-electron chi connectivity index (χ4n) is 3.61. The maximum Gasteiger partial charge on any atom is 0.292 e. The topological polar surface area (TPSA) is 90.6 Å². The summed E-state index contributed by atoms with van der Waals surface area (Å²) >= 11 is 1.18. The van der Waals surface area contributed by atoms with Crippen molar-refractivity contribution in [3.05, 3.63) is 65.0 Å². The lowest BCUT2D eigenvalue weighted by Crippen LogP contribution is -2.25. The lowest BCUT2D eigenvalue weighted by molar-refractivity contribution is 0.0743. The molecule has 0 N–H and O–H groups in total. The molecule has 9 heteroatoms. The van der Waals surface area contributed by atoms with E-state index in [2.05, 4.69) is 20.8 Å². The minimum Gasteiger partial charge on any atom is -0.454 e. The highest BCUT2D eigenvalue weighted by molar-refractivity contribution is 7.00. The Bertz CT molecular complexity index is 1250. The van der Waals surface area contributed by atoms with E-state index < -0.39 is 0 Å². The molecule has 1 amide bonds. The SMILES string of the molecule is C[C@H](Cc1ccc2c(c1)OCO2)c1cc(C(=O)N(C)Cc2ccc3nsnc3c2)on1. The Morgan fingerprint density at radius 3 is 2.77 bits per heavy atom. The maximum absolute atomic E-state index is 12.8. The summed E-state index contributed by atoms with van der Waals surface area (Å²) in [5, 5.41) is 4.13. The molecule has 1 aliphatic heterocycles. The molecule has 0 saturated heterocycles. The first-order valence-corrected chi connectivity index (χ1v) is 10.6. The molecule has 1 atom stereocenters. The molecule has 3 heterocycles. The van der Waals surface area contributed by atoms with Gasteiger partial charge in [0.15, 0.2) is 11.5 Å². The predicted molar refractivity (Wildman–Crippen MR) is 114 cm³/mol. The van der Waals surface area contributed by atoms with Crippen LogP contribution in [0.2, 0.25) is 0 Å². The van der Waals surface area contributed by atoms with Crippen molar-refractivity contribution in [3.8, 4) is 11.5 Å². The molecule has 0 bridgehead atoms. The highest BCUT2D eigenvalue weighted by atomic mass is 32.1. The largest absolute Gasteiger partial charge is 0.454 e. The zero-order chi connectivity index (χ0) is 21.4. The van der Waals surface area contributed by atoms with E-state index >= 15 is 0 Å². The molecular formula is C22H20N4O4S. The van der Waals surface area contributed by atoms with Gasteiger partial charge >= 0.3 is 0 Å². The highest BCUT2D eigenvalue weighted by Gasteiger charge is 2.21. The Kier molecular flexibility index (Phi) is 5.03. The van der Waals surface area contributed by atoms with Gasteiger partial charge in [0.1, 0.15) is 11.0 Å². The first kappa shape index (κ1) is 19.5. The summed E-state index contributed by atoms with van der Waals surface area (Å²) in [7, 11) is 1.74. The van der Waals surface area contributed by atoms with Crippen LogP contribution in [0.5, 0.6) is 11.5 Å². The number of hydrogen-bond acceptors (Lipinski definition) is 8. The summed E-state index contributed by atoms with van der Waals surface area (Å²) in [5.41, 5.74) is 4.52. The standard InChI is InChI=1S/C22H20N4O4S/c1-13(7-14-4-6-19-20(9-14)29-12-28-19)17-10-21(30-23-17)22(27)26(2)11-15-3-5-16-18(8-15)25-31-24-16/h3-6,8-10,13H,7,11-12H2,1-2H3/t13-/m1/s1. The number of benzene rings is 2. The van der Waals surface area contributed by atoms with E-state index in [4.69, 9.17) is 14.0 Å². The number of fused-ring (bicyclic) bond motifs is 2. The second-order valence-corrected chi connectivity index (χ2v) is 8.19. The van der Waals surface area contributed by atoms with Crippen LogP contribution in [0.3, 0.4) is 0 Å². The molecule has 0 unspecified atom stereocenters. The third-order valence-corrected chi connectivity index (χ3v) is 5.86. The highest BCUT2D eigenvalue weighted by Crippen LogP contribution is 2.34. The maximum atomic E-state index is 12.8. The van der Waals surface area contributed by atoms with Gasteiger partial charge < -0.3 is 18.9 Å². The minimum absolute atomic E-state index is 0.0792. The van der Waals surface area contributed by atoms with Crippen molar-refractivity contribution in [2.75, 3.05) is 13.8 Å². The number of hydrogen-bond donors (Lipinski definition) is 0. The number of aromatic nitrogens is 3. The summed E-state index contributed by atoms with van der Waals surface area (Å²) in [6.07, 6.45) is 0.744. The first-order chi connectivity index (χ1) is 15.1. The van der Waals surface area contributed by atoms with E-state index in [1.54, 1.807) is 18.0 Å². The molecule has 31 heavy (non-hydrogen) atoms. The number of carbonyl (C=O) groups is 1. The molecule has 0 fully saturated rings. The predicted octanol–water partition coefficient (Wildman–Crippen LogP) is 4.03. The van der Waals surface area contributed by atoms with Crippen LogP contribution in [-0.4, -0.2) is 38.6 Å². The molecule has 0 saturated carbocycles. The molecule has 158 valence electrons. The quantitative estimate of drug-likeness (QED) is 0.451. The summed E-state index contributed by atoms with van der Waals surface area (Å²) in [5.74, 6) is 1.61. The zero-order valence-corrected chi connectivity index (χ0v) is 17.9. The van der Waals surface area contributed by atoms with Crippen molar-refractivity contribution in [2.45, 2.75) is 25.8 Å². The van der Waals surface area contributed by atoms with Gasteiger partial charge in [-0.25, -0.2) is 0 Å². The van der Waals surface area contributed by atoms with Crippen LogP contribution < -0.4 is 9.47 Å². The Morgan fingerprint density at radius 2 is 1.87 bits per heavy atom. The van der Waals surface area contributed by atoms with Gasteiger partial charge in [-0.3, -0.25) is 4.79 Å². The molecule has 4 aromatic rings. The number of amides is 1. The van der Waals surface area contributed by atoms with Gasteiger partial charge in [-0.2, -0.15) is 8.75 Å². The fraction of sp³-hybridized carbons (Fsp3) is 0.273. The van der Waals surface area contributed by atoms with Crippen LogP contribution in [0.25, 0.3) is 11.0 Å². The van der Waals surface area contributed by atoms with E-state index in [9.17, 15) is 4.79 Å². The molecular weight excluding hydrogens is 416 g/mol. The van der Waals surface area contributed by atoms with Crippen molar-refractivity contribution in [1.29, 1.82) is 0 Å². The number of rotatable bonds is 6. The van der Waals surface area contributed by atoms with E-state index in [1.807, 2.05) is 36.4 Å². The van der Waals surface area contributed by atoms with Crippen LogP contribution in [-0.2, 0) is 13.0 Å². The summed E-state index contributed by atoms with van der Waals surface area (Å²) < 4.78 is 24.6. The fourth-order valence-corrected chi connectivity index (χ4v) is 4.13. The van der Waals surface area contributed by atoms with Crippen LogP contribution >= 0.6 is 11.7 Å². The second kappa shape index (κ2) is 7.99. The van der Waals surface area contributed by atoms with E-state index in [1.165, 1.54) is 11.7 Å². The summed E-state index contributed by atoms with van der Waals surface area (Å²) in [6.45, 7) is 2.75. The Morgan fingerprint density at radius 1 is 1.06 bits per heavy atom. The Labute approximate surface area is 182 Å². The van der Waals surface area contributed by atoms with Crippen LogP contribution in [0.4, 0.5) is 0 Å². The lowest BCUT2D eigenvalue weighted by atomic mass is 9.97. The molecule has 0 spiro atoms. The monoisotopic (exact) mass is 436 g/mol. The second-order valence-electron chi connectivity index (χ2n) is 7.66. The van der Waals surface area contributed by atoms with Gasteiger partial charge in [0.25, 0.3) is 5.91 Å². The molecule has 0 aliphatic carbocycles. The van der Waals surface area contributed by atoms with Gasteiger partial charge in [-0.05, 0) is 41.8 Å². The van der Waals surface area contributed by atoms with Crippen molar-refractivity contribution in [2.24, 2.45) is 0 Å². The molecule has 2 aromatic heterocycles. The third-order valence-electron chi connectivity index (χ3n) is 5.31. The molecule has 8 nitrogen and oxygen atoms in total. The van der Waals surface area contributed by atoms with E-state index in [-0.39, 0.29) is 24.4 Å². The van der Waals surface area contributed by atoms with Gasteiger partial charge in [0.2, 0.25) is 12.6 Å². The average Bonchev–Trinajstić information content (AvgIpc) is 3.52. The normalized spacial score (nSPS) is 13.5. The van der Waals surface area contributed by atoms with Crippen LogP contribution in [0, 0.1) is 0 Å². The van der Waals surface area contributed by atoms with Crippen molar-refractivity contribution in [3.63, 3.8) is 0 Å². The van der Waals surface area contributed by atoms with Crippen LogP contribution in [0.1, 0.15) is 40.2 Å². The minimum atomic E-state index is -0.217. The number of ether oxygens (including phenoxy) is 2. The van der Waals surface area contributed by atoms with Crippen LogP contribution in [0.15, 0.2) is 47.0 Å². The van der Waals surface area contributed by atoms with E-state index in [0.29, 0.717) is 6.54 Å². The Balaban J connectivity index is 1.24. The zero-order valence-electron chi connectivity index (χ0n) is 17.1. The molecule has 2 aromatic carbocycles. The van der Waals surface area contributed by atoms with Gasteiger partial charge in [-0.15, -0.1) is 0 Å². The third kappa shape index (κ3) is 3.96. The van der Waals surface area contributed by atoms with Crippen molar-refractivity contribution in [1.82, 2.24) is 18.8 Å². The Hall–Kier alpha value is -3.46. The molecule has 0 radical (unpaired) electrons. The van der Waals surface area contributed by atoms with Crippen molar-refractivity contribution >= 4 is 28.7 Å². The van der Waals surface area contributed by atoms with Gasteiger partial charge in [0, 0.05) is 25.6 Å². The number of carbonyl (C=O) groups excluding carboxylic acids is 1. The smallest absolute Gasteiger partial charge is 0.292 e. The summed E-state index contributed by atoms with van der Waals surface area (Å²) in [6, 6.07) is 13.4. The average molecular weight is 436 g/mol. The molecule has 1 aliphatic rings.